The Labute approximate surface area is 139 Å². The molecule has 0 bridgehead atoms. The van der Waals surface area contributed by atoms with Crippen LogP contribution in [0.1, 0.15) is 30.1 Å². The lowest BCUT2D eigenvalue weighted by Gasteiger charge is -2.13. The minimum absolute atomic E-state index is 0.000833. The molecule has 2 aromatic heterocycles. The van der Waals surface area contributed by atoms with Gasteiger partial charge in [0.15, 0.2) is 0 Å². The van der Waals surface area contributed by atoms with Crippen molar-refractivity contribution in [2.24, 2.45) is 0 Å². The largest absolute Gasteiger partial charge is 0.481 e. The van der Waals surface area contributed by atoms with Gasteiger partial charge in [0.25, 0.3) is 0 Å². The van der Waals surface area contributed by atoms with Gasteiger partial charge < -0.3 is 15.1 Å². The number of rotatable bonds is 5. The molecule has 0 saturated heterocycles. The van der Waals surface area contributed by atoms with Crippen molar-refractivity contribution in [2.45, 2.75) is 18.8 Å². The van der Waals surface area contributed by atoms with E-state index in [0.29, 0.717) is 6.42 Å². The predicted octanol–water partition coefficient (Wildman–Crippen LogP) is 4.65. The molecule has 0 aliphatic heterocycles. The first-order valence-corrected chi connectivity index (χ1v) is 8.08. The number of carboxylic acids is 1. The monoisotopic (exact) mass is 318 g/mol. The van der Waals surface area contributed by atoms with Crippen LogP contribution in [0.15, 0.2) is 60.7 Å². The second-order valence-corrected chi connectivity index (χ2v) is 6.11. The number of aromatic amines is 2. The van der Waals surface area contributed by atoms with E-state index in [2.05, 4.69) is 34.2 Å². The molecule has 0 atom stereocenters. The van der Waals surface area contributed by atoms with Gasteiger partial charge in [-0.05, 0) is 41.5 Å². The topological polar surface area (TPSA) is 68.9 Å². The van der Waals surface area contributed by atoms with Crippen molar-refractivity contribution in [1.82, 2.24) is 9.97 Å². The Kier molecular flexibility index (Phi) is 3.58. The molecule has 0 saturated carbocycles. The average Bonchev–Trinajstić information content (AvgIpc) is 3.18. The number of hydrogen-bond donors (Lipinski definition) is 3. The van der Waals surface area contributed by atoms with Gasteiger partial charge in [-0.25, -0.2) is 0 Å². The van der Waals surface area contributed by atoms with Crippen molar-refractivity contribution in [1.29, 1.82) is 0 Å². The average molecular weight is 318 g/mol. The molecule has 24 heavy (non-hydrogen) atoms. The van der Waals surface area contributed by atoms with Gasteiger partial charge in [-0.15, -0.1) is 0 Å². The van der Waals surface area contributed by atoms with Gasteiger partial charge in [0.2, 0.25) is 0 Å². The molecule has 2 heterocycles. The molecule has 0 fully saturated rings. The van der Waals surface area contributed by atoms with E-state index in [-0.39, 0.29) is 12.3 Å². The van der Waals surface area contributed by atoms with E-state index in [1.54, 1.807) is 0 Å². The maximum atomic E-state index is 11.1. The van der Waals surface area contributed by atoms with Crippen LogP contribution in [0.2, 0.25) is 0 Å². The Bertz CT molecular complexity index is 873. The minimum Gasteiger partial charge on any atom is -0.481 e. The summed E-state index contributed by atoms with van der Waals surface area (Å²) in [6.07, 6.45) is 0.685. The SMILES string of the molecule is O=C(O)CCC(c1cc2ccccc2[nH]1)c1cc2ccccc2[nH]1. The molecule has 2 aromatic carbocycles. The van der Waals surface area contributed by atoms with Crippen LogP contribution in [0.25, 0.3) is 21.8 Å². The summed E-state index contributed by atoms with van der Waals surface area (Å²) in [5, 5.41) is 11.4. The van der Waals surface area contributed by atoms with Crippen LogP contribution in [0.5, 0.6) is 0 Å². The van der Waals surface area contributed by atoms with E-state index in [0.717, 1.165) is 33.2 Å². The fourth-order valence-corrected chi connectivity index (χ4v) is 3.31. The van der Waals surface area contributed by atoms with Crippen molar-refractivity contribution in [3.8, 4) is 0 Å². The highest BCUT2D eigenvalue weighted by molar-refractivity contribution is 5.82. The summed E-state index contributed by atoms with van der Waals surface area (Å²) in [5.41, 5.74) is 4.24. The van der Waals surface area contributed by atoms with Gasteiger partial charge in [-0.1, -0.05) is 36.4 Å². The fraction of sp³-hybridized carbons (Fsp3) is 0.150. The van der Waals surface area contributed by atoms with E-state index in [9.17, 15) is 4.79 Å². The van der Waals surface area contributed by atoms with Gasteiger partial charge in [0, 0.05) is 34.8 Å². The molecule has 4 rings (SSSR count). The number of H-pyrrole nitrogens is 2. The Hall–Kier alpha value is -3.01. The van der Waals surface area contributed by atoms with Crippen LogP contribution in [-0.2, 0) is 4.79 Å². The summed E-state index contributed by atoms with van der Waals surface area (Å²) >= 11 is 0. The number of aliphatic carboxylic acids is 1. The molecule has 120 valence electrons. The Morgan fingerprint density at radius 3 is 1.83 bits per heavy atom. The van der Waals surface area contributed by atoms with Gasteiger partial charge >= 0.3 is 5.97 Å². The third-order valence-corrected chi connectivity index (χ3v) is 4.50. The van der Waals surface area contributed by atoms with Gasteiger partial charge in [0.05, 0.1) is 0 Å². The molecule has 4 nitrogen and oxygen atoms in total. The van der Waals surface area contributed by atoms with E-state index in [1.807, 2.05) is 36.4 Å². The lowest BCUT2D eigenvalue weighted by Crippen LogP contribution is -2.05. The second-order valence-electron chi connectivity index (χ2n) is 6.11. The number of fused-ring (bicyclic) bond motifs is 2. The van der Waals surface area contributed by atoms with Gasteiger partial charge in [-0.3, -0.25) is 4.79 Å². The Balaban J connectivity index is 1.79. The standard InChI is InChI=1S/C20H18N2O2/c23-20(24)10-9-15(18-11-13-5-1-3-7-16(13)21-18)19-12-14-6-2-4-8-17(14)22-19/h1-8,11-12,15,21-22H,9-10H2,(H,23,24). The van der Waals surface area contributed by atoms with Crippen molar-refractivity contribution >= 4 is 27.8 Å². The molecule has 4 heteroatoms. The lowest BCUT2D eigenvalue weighted by atomic mass is 9.95. The number of aromatic nitrogens is 2. The summed E-state index contributed by atoms with van der Waals surface area (Å²) in [5.74, 6) is -0.770. The molecule has 0 radical (unpaired) electrons. The van der Waals surface area contributed by atoms with Crippen molar-refractivity contribution in [3.05, 3.63) is 72.1 Å². The van der Waals surface area contributed by atoms with Crippen molar-refractivity contribution in [3.63, 3.8) is 0 Å². The van der Waals surface area contributed by atoms with E-state index in [4.69, 9.17) is 5.11 Å². The van der Waals surface area contributed by atoms with Crippen LogP contribution in [0.3, 0.4) is 0 Å². The van der Waals surface area contributed by atoms with Crippen LogP contribution >= 0.6 is 0 Å². The smallest absolute Gasteiger partial charge is 0.303 e. The maximum Gasteiger partial charge on any atom is 0.303 e. The highest BCUT2D eigenvalue weighted by atomic mass is 16.4. The zero-order valence-electron chi connectivity index (χ0n) is 13.1. The predicted molar refractivity (Wildman–Crippen MR) is 95.3 cm³/mol. The molecular formula is C20H18N2O2. The third-order valence-electron chi connectivity index (χ3n) is 4.50. The molecule has 0 unspecified atom stereocenters. The number of hydrogen-bond acceptors (Lipinski definition) is 1. The number of benzene rings is 2. The lowest BCUT2D eigenvalue weighted by molar-refractivity contribution is -0.137. The molecule has 0 spiro atoms. The fourth-order valence-electron chi connectivity index (χ4n) is 3.31. The van der Waals surface area contributed by atoms with Crippen LogP contribution in [0, 0.1) is 0 Å². The number of para-hydroxylation sites is 2. The number of carboxylic acid groups (broad SMARTS) is 1. The Morgan fingerprint density at radius 1 is 0.875 bits per heavy atom. The highest BCUT2D eigenvalue weighted by Gasteiger charge is 2.20. The first-order chi connectivity index (χ1) is 11.7. The Morgan fingerprint density at radius 2 is 1.38 bits per heavy atom. The molecule has 0 amide bonds. The normalized spacial score (nSPS) is 11.5. The summed E-state index contributed by atoms with van der Waals surface area (Å²) in [7, 11) is 0. The molecule has 0 aliphatic rings. The van der Waals surface area contributed by atoms with E-state index < -0.39 is 5.97 Å². The summed E-state index contributed by atoms with van der Waals surface area (Å²) in [4.78, 5) is 18.0. The summed E-state index contributed by atoms with van der Waals surface area (Å²) < 4.78 is 0. The highest BCUT2D eigenvalue weighted by Crippen LogP contribution is 2.32. The molecule has 3 N–H and O–H groups in total. The van der Waals surface area contributed by atoms with E-state index >= 15 is 0 Å². The number of nitrogens with one attached hydrogen (secondary N) is 2. The first-order valence-electron chi connectivity index (χ1n) is 8.08. The zero-order valence-corrected chi connectivity index (χ0v) is 13.1. The minimum atomic E-state index is -0.771. The van der Waals surface area contributed by atoms with E-state index in [1.165, 1.54) is 0 Å². The third kappa shape index (κ3) is 2.67. The number of carbonyl (C=O) groups is 1. The molecule has 0 aliphatic carbocycles. The quantitative estimate of drug-likeness (QED) is 0.501. The maximum absolute atomic E-state index is 11.1. The first kappa shape index (κ1) is 14.6. The van der Waals surface area contributed by atoms with Crippen LogP contribution in [0.4, 0.5) is 0 Å². The summed E-state index contributed by atoms with van der Waals surface area (Å²) in [6.45, 7) is 0. The van der Waals surface area contributed by atoms with Crippen molar-refractivity contribution < 1.29 is 9.90 Å². The van der Waals surface area contributed by atoms with Gasteiger partial charge in [0.1, 0.15) is 0 Å². The second kappa shape index (κ2) is 5.89. The zero-order chi connectivity index (χ0) is 16.5. The molecular weight excluding hydrogens is 300 g/mol. The van der Waals surface area contributed by atoms with Crippen LogP contribution in [-0.4, -0.2) is 21.0 Å². The molecule has 4 aromatic rings. The van der Waals surface area contributed by atoms with Crippen LogP contribution < -0.4 is 0 Å². The van der Waals surface area contributed by atoms with Crippen molar-refractivity contribution in [2.75, 3.05) is 0 Å². The summed E-state index contributed by atoms with van der Waals surface area (Å²) in [6, 6.07) is 20.5. The van der Waals surface area contributed by atoms with Gasteiger partial charge in [-0.2, -0.15) is 0 Å².